The Morgan fingerprint density at radius 2 is 1.86 bits per heavy atom. The lowest BCUT2D eigenvalue weighted by Gasteiger charge is -2.28. The molecule has 118 valence electrons. The average molecular weight is 309 g/mol. The van der Waals surface area contributed by atoms with E-state index in [2.05, 4.69) is 31.3 Å². The topological polar surface area (TPSA) is 46.2 Å². The van der Waals surface area contributed by atoms with Crippen LogP contribution in [-0.2, 0) is 9.84 Å². The number of benzene rings is 1. The summed E-state index contributed by atoms with van der Waals surface area (Å²) in [7, 11) is -2.97. The maximum Gasteiger partial charge on any atom is 0.151 e. The first-order chi connectivity index (χ1) is 9.88. The predicted octanol–water partition coefficient (Wildman–Crippen LogP) is 3.33. The Bertz CT molecular complexity index is 539. The van der Waals surface area contributed by atoms with Gasteiger partial charge in [0.1, 0.15) is 0 Å². The van der Waals surface area contributed by atoms with Crippen LogP contribution in [0.1, 0.15) is 51.1 Å². The Kier molecular flexibility index (Phi) is 5.44. The third-order valence-electron chi connectivity index (χ3n) is 4.33. The zero-order valence-electron chi connectivity index (χ0n) is 13.2. The lowest BCUT2D eigenvalue weighted by atomic mass is 9.96. The molecule has 0 saturated heterocycles. The smallest absolute Gasteiger partial charge is 0.151 e. The van der Waals surface area contributed by atoms with Gasteiger partial charge in [0.25, 0.3) is 0 Å². The van der Waals surface area contributed by atoms with Crippen LogP contribution in [-0.4, -0.2) is 26.0 Å². The summed E-state index contributed by atoms with van der Waals surface area (Å²) in [4.78, 5) is 0. The van der Waals surface area contributed by atoms with E-state index < -0.39 is 9.84 Å². The Balaban J connectivity index is 2.15. The van der Waals surface area contributed by atoms with Crippen LogP contribution in [0.4, 0.5) is 0 Å². The summed E-state index contributed by atoms with van der Waals surface area (Å²) < 4.78 is 23.9. The summed E-state index contributed by atoms with van der Waals surface area (Å²) in [6.45, 7) is 4.42. The lowest BCUT2D eigenvalue weighted by Crippen LogP contribution is -2.42. The van der Waals surface area contributed by atoms with Crippen LogP contribution in [0.3, 0.4) is 0 Å². The largest absolute Gasteiger partial charge is 0.306 e. The third kappa shape index (κ3) is 4.55. The van der Waals surface area contributed by atoms with Crippen molar-refractivity contribution in [2.24, 2.45) is 5.92 Å². The summed E-state index contributed by atoms with van der Waals surface area (Å²) in [6, 6.07) is 10.7. The average Bonchev–Trinajstić information content (AvgIpc) is 2.87. The molecule has 1 saturated carbocycles. The van der Waals surface area contributed by atoms with E-state index in [1.807, 2.05) is 18.2 Å². The van der Waals surface area contributed by atoms with Gasteiger partial charge in [0.15, 0.2) is 9.84 Å². The van der Waals surface area contributed by atoms with Crippen LogP contribution in [0.5, 0.6) is 0 Å². The van der Waals surface area contributed by atoms with Gasteiger partial charge in [-0.15, -0.1) is 0 Å². The van der Waals surface area contributed by atoms with Crippen LogP contribution in [0, 0.1) is 5.92 Å². The van der Waals surface area contributed by atoms with E-state index in [0.29, 0.717) is 5.92 Å². The maximum absolute atomic E-state index is 11.9. The lowest BCUT2D eigenvalue weighted by molar-refractivity contribution is 0.379. The SMILES string of the molecule is CC(C)CC(NC1CCCC1S(C)(=O)=O)c1ccccc1. The van der Waals surface area contributed by atoms with Gasteiger partial charge in [-0.1, -0.05) is 50.6 Å². The highest BCUT2D eigenvalue weighted by Gasteiger charge is 2.36. The zero-order valence-corrected chi connectivity index (χ0v) is 14.1. The molecule has 1 N–H and O–H groups in total. The first-order valence-corrected chi connectivity index (χ1v) is 9.83. The minimum absolute atomic E-state index is 0.0870. The van der Waals surface area contributed by atoms with Crippen molar-refractivity contribution in [3.8, 4) is 0 Å². The monoisotopic (exact) mass is 309 g/mol. The minimum Gasteiger partial charge on any atom is -0.306 e. The van der Waals surface area contributed by atoms with E-state index in [9.17, 15) is 8.42 Å². The van der Waals surface area contributed by atoms with Gasteiger partial charge in [0.05, 0.1) is 5.25 Å². The molecule has 0 heterocycles. The van der Waals surface area contributed by atoms with Gasteiger partial charge in [-0.2, -0.15) is 0 Å². The van der Waals surface area contributed by atoms with E-state index in [1.165, 1.54) is 11.8 Å². The highest BCUT2D eigenvalue weighted by atomic mass is 32.2. The first-order valence-electron chi connectivity index (χ1n) is 7.88. The van der Waals surface area contributed by atoms with Gasteiger partial charge in [-0.3, -0.25) is 0 Å². The fourth-order valence-electron chi connectivity index (χ4n) is 3.34. The van der Waals surface area contributed by atoms with Crippen molar-refractivity contribution < 1.29 is 8.42 Å². The predicted molar refractivity (Wildman–Crippen MR) is 88.0 cm³/mol. The van der Waals surface area contributed by atoms with E-state index in [-0.39, 0.29) is 17.3 Å². The molecule has 3 nitrogen and oxygen atoms in total. The zero-order chi connectivity index (χ0) is 15.5. The molecule has 21 heavy (non-hydrogen) atoms. The number of nitrogens with one attached hydrogen (secondary N) is 1. The van der Waals surface area contributed by atoms with Gasteiger partial charge < -0.3 is 5.32 Å². The van der Waals surface area contributed by atoms with Crippen molar-refractivity contribution in [2.45, 2.75) is 56.9 Å². The summed E-state index contributed by atoms with van der Waals surface area (Å²) >= 11 is 0. The van der Waals surface area contributed by atoms with Crippen molar-refractivity contribution in [2.75, 3.05) is 6.26 Å². The highest BCUT2D eigenvalue weighted by Crippen LogP contribution is 2.29. The Labute approximate surface area is 129 Å². The molecule has 0 aliphatic heterocycles. The van der Waals surface area contributed by atoms with Gasteiger partial charge in [0, 0.05) is 18.3 Å². The molecule has 0 spiro atoms. The molecule has 3 unspecified atom stereocenters. The van der Waals surface area contributed by atoms with Gasteiger partial charge in [0.2, 0.25) is 0 Å². The maximum atomic E-state index is 11.9. The Morgan fingerprint density at radius 1 is 1.19 bits per heavy atom. The highest BCUT2D eigenvalue weighted by molar-refractivity contribution is 7.91. The second-order valence-corrected chi connectivity index (χ2v) is 8.93. The van der Waals surface area contributed by atoms with Gasteiger partial charge >= 0.3 is 0 Å². The van der Waals surface area contributed by atoms with E-state index in [1.54, 1.807) is 0 Å². The molecule has 0 aromatic heterocycles. The number of hydrogen-bond donors (Lipinski definition) is 1. The molecule has 0 radical (unpaired) electrons. The van der Waals surface area contributed by atoms with E-state index >= 15 is 0 Å². The fraction of sp³-hybridized carbons (Fsp3) is 0.647. The molecular weight excluding hydrogens is 282 g/mol. The molecule has 0 amide bonds. The number of rotatable bonds is 6. The quantitative estimate of drug-likeness (QED) is 0.877. The summed E-state index contributed by atoms with van der Waals surface area (Å²) in [5.41, 5.74) is 1.25. The fourth-order valence-corrected chi connectivity index (χ4v) is 4.75. The van der Waals surface area contributed by atoms with E-state index in [4.69, 9.17) is 0 Å². The molecule has 1 aromatic carbocycles. The van der Waals surface area contributed by atoms with Crippen LogP contribution < -0.4 is 5.32 Å². The standard InChI is InChI=1S/C17H27NO2S/c1-13(2)12-16(14-8-5-4-6-9-14)18-15-10-7-11-17(15)21(3,19)20/h4-6,8-9,13,15-18H,7,10-12H2,1-3H3. The van der Waals surface area contributed by atoms with Gasteiger partial charge in [-0.05, 0) is 30.7 Å². The molecule has 1 aliphatic carbocycles. The summed E-state index contributed by atoms with van der Waals surface area (Å²) in [6.07, 6.45) is 5.14. The normalized spacial score (nSPS) is 24.4. The van der Waals surface area contributed by atoms with Crippen molar-refractivity contribution in [1.82, 2.24) is 5.32 Å². The van der Waals surface area contributed by atoms with Crippen molar-refractivity contribution >= 4 is 9.84 Å². The summed E-state index contributed by atoms with van der Waals surface area (Å²) in [5, 5.41) is 3.41. The molecule has 2 rings (SSSR count). The second kappa shape index (κ2) is 6.93. The second-order valence-electron chi connectivity index (χ2n) is 6.66. The molecular formula is C17H27NO2S. The molecule has 4 heteroatoms. The Morgan fingerprint density at radius 3 is 2.43 bits per heavy atom. The van der Waals surface area contributed by atoms with Crippen molar-refractivity contribution in [3.05, 3.63) is 35.9 Å². The molecule has 1 aliphatic rings. The third-order valence-corrected chi connectivity index (χ3v) is 5.99. The molecule has 3 atom stereocenters. The van der Waals surface area contributed by atoms with E-state index in [0.717, 1.165) is 25.7 Å². The number of sulfone groups is 1. The van der Waals surface area contributed by atoms with Crippen LogP contribution in [0.15, 0.2) is 30.3 Å². The Hall–Kier alpha value is -0.870. The van der Waals surface area contributed by atoms with Crippen molar-refractivity contribution in [1.29, 1.82) is 0 Å². The van der Waals surface area contributed by atoms with Crippen LogP contribution >= 0.6 is 0 Å². The first kappa shape index (κ1) is 16.5. The number of hydrogen-bond acceptors (Lipinski definition) is 3. The minimum atomic E-state index is -2.97. The molecule has 0 bridgehead atoms. The van der Waals surface area contributed by atoms with Crippen molar-refractivity contribution in [3.63, 3.8) is 0 Å². The summed E-state index contributed by atoms with van der Waals surface area (Å²) in [5.74, 6) is 0.570. The van der Waals surface area contributed by atoms with Crippen LogP contribution in [0.2, 0.25) is 0 Å². The van der Waals surface area contributed by atoms with Crippen LogP contribution in [0.25, 0.3) is 0 Å². The molecule has 1 fully saturated rings. The van der Waals surface area contributed by atoms with Gasteiger partial charge in [-0.25, -0.2) is 8.42 Å². The molecule has 1 aromatic rings.